The van der Waals surface area contributed by atoms with Gasteiger partial charge in [0, 0.05) is 25.2 Å². The molecule has 0 radical (unpaired) electrons. The van der Waals surface area contributed by atoms with E-state index in [1.807, 2.05) is 36.1 Å². The molecule has 2 aliphatic rings. The molecule has 4 rings (SSSR count). The SMILES string of the molecule is C=CCC1(CC=C)C[C@H]2[C@H](c3ccccc3C)N(C(=O)N(C)[C@H](C(=C)C)c3cc(Cl)cc(C(F)(F)F)c3)CCN2C1=O. The number of carbonyl (C=O) groups is 2. The van der Waals surface area contributed by atoms with Gasteiger partial charge in [0.1, 0.15) is 0 Å². The summed E-state index contributed by atoms with van der Waals surface area (Å²) >= 11 is 6.12. The van der Waals surface area contributed by atoms with Crippen molar-refractivity contribution in [1.29, 1.82) is 0 Å². The quantitative estimate of drug-likeness (QED) is 0.288. The first-order valence-electron chi connectivity index (χ1n) is 13.9. The third kappa shape index (κ3) is 5.74. The number of alkyl halides is 3. The Kier molecular flexibility index (Phi) is 8.97. The number of piperazine rings is 1. The minimum absolute atomic E-state index is 0.0322. The lowest BCUT2D eigenvalue weighted by molar-refractivity contribution is -0.139. The molecule has 42 heavy (non-hydrogen) atoms. The summed E-state index contributed by atoms with van der Waals surface area (Å²) in [4.78, 5) is 33.3. The first-order valence-corrected chi connectivity index (χ1v) is 14.3. The van der Waals surface area contributed by atoms with Crippen LogP contribution in [-0.2, 0) is 11.0 Å². The zero-order chi connectivity index (χ0) is 31.0. The molecule has 0 unspecified atom stereocenters. The Morgan fingerprint density at radius 1 is 1.17 bits per heavy atom. The minimum atomic E-state index is -4.60. The summed E-state index contributed by atoms with van der Waals surface area (Å²) in [6.07, 6.45) is 0.421. The van der Waals surface area contributed by atoms with Crippen molar-refractivity contribution in [2.45, 2.75) is 57.4 Å². The van der Waals surface area contributed by atoms with Crippen molar-refractivity contribution in [2.75, 3.05) is 20.1 Å². The van der Waals surface area contributed by atoms with Gasteiger partial charge in [-0.1, -0.05) is 60.2 Å². The smallest absolute Gasteiger partial charge is 0.335 e. The summed E-state index contributed by atoms with van der Waals surface area (Å²) in [5.74, 6) is 0.0322. The first kappa shape index (κ1) is 31.4. The number of hydrogen-bond donors (Lipinski definition) is 0. The first-order chi connectivity index (χ1) is 19.8. The molecule has 2 saturated heterocycles. The zero-order valence-corrected chi connectivity index (χ0v) is 25.0. The van der Waals surface area contributed by atoms with Crippen molar-refractivity contribution in [3.05, 3.63) is 107 Å². The van der Waals surface area contributed by atoms with Gasteiger partial charge < -0.3 is 14.7 Å². The predicted molar refractivity (Wildman–Crippen MR) is 160 cm³/mol. The molecule has 0 aromatic heterocycles. The van der Waals surface area contributed by atoms with E-state index in [0.29, 0.717) is 31.4 Å². The highest BCUT2D eigenvalue weighted by molar-refractivity contribution is 6.30. The number of rotatable bonds is 8. The Morgan fingerprint density at radius 3 is 2.38 bits per heavy atom. The van der Waals surface area contributed by atoms with Crippen LogP contribution in [0.1, 0.15) is 60.5 Å². The number of allylic oxidation sites excluding steroid dienone is 2. The number of carbonyl (C=O) groups excluding carboxylic acids is 2. The topological polar surface area (TPSA) is 43.9 Å². The molecular weight excluding hydrogens is 563 g/mol. The molecule has 2 heterocycles. The van der Waals surface area contributed by atoms with Gasteiger partial charge >= 0.3 is 12.2 Å². The Morgan fingerprint density at radius 2 is 1.81 bits per heavy atom. The molecule has 5 nitrogen and oxygen atoms in total. The molecule has 224 valence electrons. The number of fused-ring (bicyclic) bond motifs is 1. The van der Waals surface area contributed by atoms with Crippen molar-refractivity contribution in [3.8, 4) is 0 Å². The van der Waals surface area contributed by atoms with Crippen LogP contribution in [0, 0.1) is 12.3 Å². The van der Waals surface area contributed by atoms with E-state index in [-0.39, 0.29) is 35.1 Å². The van der Waals surface area contributed by atoms with E-state index in [2.05, 4.69) is 19.7 Å². The number of benzene rings is 2. The Labute approximate surface area is 250 Å². The number of likely N-dealkylation sites (N-methyl/N-ethyl adjacent to an activating group) is 1. The fourth-order valence-electron chi connectivity index (χ4n) is 6.74. The Balaban J connectivity index is 1.78. The number of amides is 3. The van der Waals surface area contributed by atoms with Crippen molar-refractivity contribution in [1.82, 2.24) is 14.7 Å². The molecule has 3 amide bonds. The van der Waals surface area contributed by atoms with Crippen LogP contribution in [0.5, 0.6) is 0 Å². The lowest BCUT2D eigenvalue weighted by atomic mass is 9.76. The van der Waals surface area contributed by atoms with Gasteiger partial charge in [-0.3, -0.25) is 4.79 Å². The normalized spacial score (nSPS) is 20.6. The van der Waals surface area contributed by atoms with Crippen molar-refractivity contribution in [3.63, 3.8) is 0 Å². The molecule has 2 aliphatic heterocycles. The fraction of sp³-hybridized carbons (Fsp3) is 0.394. The molecule has 2 fully saturated rings. The summed E-state index contributed by atoms with van der Waals surface area (Å²) in [7, 11) is 1.57. The van der Waals surface area contributed by atoms with Crippen LogP contribution < -0.4 is 0 Å². The lowest BCUT2D eigenvalue weighted by Gasteiger charge is -2.47. The van der Waals surface area contributed by atoms with Crippen LogP contribution in [0.15, 0.2) is 79.9 Å². The molecule has 2 aromatic rings. The van der Waals surface area contributed by atoms with E-state index in [1.165, 1.54) is 11.0 Å². The van der Waals surface area contributed by atoms with E-state index in [1.54, 1.807) is 31.0 Å². The summed E-state index contributed by atoms with van der Waals surface area (Å²) in [5.41, 5.74) is 1.02. The van der Waals surface area contributed by atoms with E-state index in [0.717, 1.165) is 23.3 Å². The van der Waals surface area contributed by atoms with Crippen LogP contribution in [0.4, 0.5) is 18.0 Å². The Hall–Kier alpha value is -3.52. The summed E-state index contributed by atoms with van der Waals surface area (Å²) in [6.45, 7) is 16.0. The highest BCUT2D eigenvalue weighted by atomic mass is 35.5. The number of aryl methyl sites for hydroxylation is 1. The van der Waals surface area contributed by atoms with Crippen LogP contribution in [0.3, 0.4) is 0 Å². The molecule has 0 aliphatic carbocycles. The van der Waals surface area contributed by atoms with E-state index in [4.69, 9.17) is 11.6 Å². The van der Waals surface area contributed by atoms with Gasteiger partial charge in [0.2, 0.25) is 5.91 Å². The van der Waals surface area contributed by atoms with Crippen molar-refractivity contribution < 1.29 is 22.8 Å². The standard InChI is InChI=1S/C33H37ClF3N3O2/c1-7-13-32(14-8-2)20-27-29(26-12-10-9-11-22(26)5)40(16-15-39(27)30(32)41)31(42)38(6)28(21(3)4)23-17-24(33(35,36)37)19-25(34)18-23/h7-12,17-19,27-29H,1-3,13-16,20H2,4-6H3/t27-,28+,29-/m0/s1. The zero-order valence-electron chi connectivity index (χ0n) is 24.3. The van der Waals surface area contributed by atoms with Gasteiger partial charge in [0.05, 0.1) is 29.1 Å². The minimum Gasteiger partial charge on any atom is -0.335 e. The maximum atomic E-state index is 14.4. The summed E-state index contributed by atoms with van der Waals surface area (Å²) in [6, 6.07) is 9.09. The maximum absolute atomic E-state index is 14.4. The van der Waals surface area contributed by atoms with Gasteiger partial charge in [0.25, 0.3) is 0 Å². The number of hydrogen-bond acceptors (Lipinski definition) is 2. The van der Waals surface area contributed by atoms with E-state index < -0.39 is 29.2 Å². The molecule has 2 aromatic carbocycles. The summed E-state index contributed by atoms with van der Waals surface area (Å²) < 4.78 is 41.0. The fourth-order valence-corrected chi connectivity index (χ4v) is 6.98. The van der Waals surface area contributed by atoms with Crippen LogP contribution >= 0.6 is 11.6 Å². The Bertz CT molecular complexity index is 1400. The largest absolute Gasteiger partial charge is 0.416 e. The average molecular weight is 600 g/mol. The third-order valence-electron chi connectivity index (χ3n) is 8.54. The summed E-state index contributed by atoms with van der Waals surface area (Å²) in [5, 5.41) is -0.0800. The molecule has 9 heteroatoms. The lowest BCUT2D eigenvalue weighted by Crippen LogP contribution is -2.57. The van der Waals surface area contributed by atoms with E-state index >= 15 is 0 Å². The molecule has 0 N–H and O–H groups in total. The maximum Gasteiger partial charge on any atom is 0.416 e. The second-order valence-corrected chi connectivity index (χ2v) is 11.9. The molecule has 0 spiro atoms. The van der Waals surface area contributed by atoms with Crippen molar-refractivity contribution >= 4 is 23.5 Å². The highest BCUT2D eigenvalue weighted by Crippen LogP contribution is 2.50. The highest BCUT2D eigenvalue weighted by Gasteiger charge is 2.56. The molecule has 0 bridgehead atoms. The molecule has 0 saturated carbocycles. The van der Waals surface area contributed by atoms with E-state index in [9.17, 15) is 22.8 Å². The van der Waals surface area contributed by atoms with Crippen LogP contribution in [0.25, 0.3) is 0 Å². The van der Waals surface area contributed by atoms with Gasteiger partial charge in [-0.05, 0) is 68.0 Å². The van der Waals surface area contributed by atoms with Gasteiger partial charge in [-0.2, -0.15) is 13.2 Å². The number of halogens is 4. The van der Waals surface area contributed by atoms with Crippen LogP contribution in [0.2, 0.25) is 5.02 Å². The van der Waals surface area contributed by atoms with Crippen LogP contribution in [-0.4, -0.2) is 52.8 Å². The van der Waals surface area contributed by atoms with Crippen molar-refractivity contribution in [2.24, 2.45) is 5.41 Å². The second kappa shape index (κ2) is 12.0. The molecular formula is C33H37ClF3N3O2. The monoisotopic (exact) mass is 599 g/mol. The third-order valence-corrected chi connectivity index (χ3v) is 8.76. The number of nitrogens with zero attached hydrogens (tertiary/aromatic N) is 3. The molecule has 3 atom stereocenters. The van der Waals surface area contributed by atoms with Gasteiger partial charge in [-0.25, -0.2) is 4.79 Å². The predicted octanol–water partition coefficient (Wildman–Crippen LogP) is 8.13. The second-order valence-electron chi connectivity index (χ2n) is 11.4. The number of urea groups is 1. The van der Waals surface area contributed by atoms with Gasteiger partial charge in [-0.15, -0.1) is 13.2 Å². The van der Waals surface area contributed by atoms with Gasteiger partial charge in [0.15, 0.2) is 0 Å². The average Bonchev–Trinajstić information content (AvgIpc) is 3.18.